The van der Waals surface area contributed by atoms with Gasteiger partial charge in [0, 0.05) is 0 Å². The second-order valence-corrected chi connectivity index (χ2v) is 6.92. The summed E-state index contributed by atoms with van der Waals surface area (Å²) in [7, 11) is 0. The van der Waals surface area contributed by atoms with Crippen molar-refractivity contribution in [3.05, 3.63) is 0 Å². The minimum Gasteiger partial charge on any atom is -0.0530 e. The summed E-state index contributed by atoms with van der Waals surface area (Å²) in [4.78, 5) is 0. The maximum absolute atomic E-state index is 1.66. The van der Waals surface area contributed by atoms with Gasteiger partial charge in [0.05, 0.1) is 0 Å². The van der Waals surface area contributed by atoms with Crippen molar-refractivity contribution in [2.24, 2.45) is 29.1 Å². The van der Waals surface area contributed by atoms with Gasteiger partial charge in [-0.1, -0.05) is 25.7 Å². The Balaban J connectivity index is 1.70. The fraction of sp³-hybridized carbons (Fsp3) is 1.00. The van der Waals surface area contributed by atoms with Crippen molar-refractivity contribution in [2.45, 2.75) is 64.2 Å². The van der Waals surface area contributed by atoms with E-state index in [2.05, 4.69) is 0 Å². The Hall–Kier alpha value is 0. The fourth-order valence-electron chi connectivity index (χ4n) is 6.32. The van der Waals surface area contributed by atoms with Crippen LogP contribution in [0.15, 0.2) is 0 Å². The third-order valence-electron chi connectivity index (χ3n) is 6.70. The lowest BCUT2D eigenvalue weighted by atomic mass is 9.64. The van der Waals surface area contributed by atoms with Crippen molar-refractivity contribution in [1.82, 2.24) is 0 Å². The van der Waals surface area contributed by atoms with Gasteiger partial charge in [-0.2, -0.15) is 0 Å². The van der Waals surface area contributed by atoms with Crippen LogP contribution in [0.3, 0.4) is 0 Å². The average molecular weight is 204 g/mol. The first-order valence-electron chi connectivity index (χ1n) is 7.40. The van der Waals surface area contributed by atoms with Crippen molar-refractivity contribution in [3.63, 3.8) is 0 Å². The van der Waals surface area contributed by atoms with Crippen LogP contribution in [0.5, 0.6) is 0 Å². The summed E-state index contributed by atoms with van der Waals surface area (Å²) in [6, 6.07) is 0. The molecule has 0 aliphatic heterocycles. The van der Waals surface area contributed by atoms with Crippen LogP contribution in [0.25, 0.3) is 0 Å². The molecule has 0 heteroatoms. The molecule has 4 aliphatic rings. The molecule has 0 amide bonds. The maximum Gasteiger partial charge on any atom is -0.0235 e. The van der Waals surface area contributed by atoms with Crippen molar-refractivity contribution < 1.29 is 0 Å². The SMILES string of the molecule is C1CC2C[C@]34CCCC[C@H]3CCC4C2C1. The van der Waals surface area contributed by atoms with Crippen LogP contribution in [0.2, 0.25) is 0 Å². The maximum atomic E-state index is 1.66. The summed E-state index contributed by atoms with van der Waals surface area (Å²) < 4.78 is 0. The summed E-state index contributed by atoms with van der Waals surface area (Å²) in [5, 5.41) is 0. The Labute approximate surface area is 93.8 Å². The van der Waals surface area contributed by atoms with Crippen LogP contribution >= 0.6 is 0 Å². The smallest absolute Gasteiger partial charge is 0.0235 e. The molecular weight excluding hydrogens is 180 g/mol. The number of fused-ring (bicyclic) bond motifs is 2. The molecule has 3 unspecified atom stereocenters. The predicted octanol–water partition coefficient (Wildman–Crippen LogP) is 4.39. The summed E-state index contributed by atoms with van der Waals surface area (Å²) in [5.41, 5.74) is 0.897. The number of rotatable bonds is 0. The largest absolute Gasteiger partial charge is 0.0530 e. The van der Waals surface area contributed by atoms with E-state index in [1.165, 1.54) is 23.7 Å². The van der Waals surface area contributed by atoms with Gasteiger partial charge >= 0.3 is 0 Å². The zero-order valence-electron chi connectivity index (χ0n) is 9.88. The van der Waals surface area contributed by atoms with Crippen LogP contribution in [-0.2, 0) is 0 Å². The third kappa shape index (κ3) is 1.04. The summed E-state index contributed by atoms with van der Waals surface area (Å²) >= 11 is 0. The molecule has 0 saturated heterocycles. The van der Waals surface area contributed by atoms with E-state index < -0.39 is 0 Å². The normalized spacial score (nSPS) is 57.6. The lowest BCUT2D eigenvalue weighted by Crippen LogP contribution is -2.32. The van der Waals surface area contributed by atoms with Crippen LogP contribution in [-0.4, -0.2) is 0 Å². The first-order chi connectivity index (χ1) is 7.40. The van der Waals surface area contributed by atoms with E-state index in [-0.39, 0.29) is 0 Å². The van der Waals surface area contributed by atoms with Gasteiger partial charge < -0.3 is 0 Å². The summed E-state index contributed by atoms with van der Waals surface area (Å²) in [5.74, 6) is 4.72. The summed E-state index contributed by atoms with van der Waals surface area (Å²) in [6.45, 7) is 0. The Morgan fingerprint density at radius 3 is 2.80 bits per heavy atom. The fourth-order valence-corrected chi connectivity index (χ4v) is 6.32. The first-order valence-corrected chi connectivity index (χ1v) is 7.40. The topological polar surface area (TPSA) is 0 Å². The van der Waals surface area contributed by atoms with Gasteiger partial charge in [-0.15, -0.1) is 0 Å². The highest BCUT2D eigenvalue weighted by atomic mass is 14.6. The van der Waals surface area contributed by atoms with Gasteiger partial charge in [-0.05, 0) is 67.6 Å². The number of hydrogen-bond acceptors (Lipinski definition) is 0. The Morgan fingerprint density at radius 1 is 0.800 bits per heavy atom. The molecule has 0 nitrogen and oxygen atoms in total. The van der Waals surface area contributed by atoms with E-state index in [1.54, 1.807) is 64.2 Å². The van der Waals surface area contributed by atoms with Crippen molar-refractivity contribution in [1.29, 1.82) is 0 Å². The molecule has 1 spiro atoms. The Morgan fingerprint density at radius 2 is 1.80 bits per heavy atom. The molecule has 0 aromatic rings. The molecule has 15 heavy (non-hydrogen) atoms. The molecule has 0 bridgehead atoms. The van der Waals surface area contributed by atoms with E-state index in [1.807, 2.05) is 0 Å². The molecule has 4 saturated carbocycles. The molecule has 4 fully saturated rings. The van der Waals surface area contributed by atoms with E-state index in [0.29, 0.717) is 0 Å². The Bertz CT molecular complexity index is 269. The van der Waals surface area contributed by atoms with Crippen LogP contribution < -0.4 is 0 Å². The van der Waals surface area contributed by atoms with E-state index in [4.69, 9.17) is 0 Å². The van der Waals surface area contributed by atoms with Crippen LogP contribution in [0, 0.1) is 29.1 Å². The molecule has 5 atom stereocenters. The molecule has 0 heterocycles. The molecule has 84 valence electrons. The average Bonchev–Trinajstić information content (AvgIpc) is 2.84. The van der Waals surface area contributed by atoms with Gasteiger partial charge in [0.2, 0.25) is 0 Å². The summed E-state index contributed by atoms with van der Waals surface area (Å²) in [6.07, 6.45) is 16.0. The predicted molar refractivity (Wildman–Crippen MR) is 62.6 cm³/mol. The molecule has 0 radical (unpaired) electrons. The van der Waals surface area contributed by atoms with Gasteiger partial charge in [-0.3, -0.25) is 0 Å². The lowest BCUT2D eigenvalue weighted by molar-refractivity contribution is 0.0872. The molecule has 4 rings (SSSR count). The second kappa shape index (κ2) is 3.02. The molecular formula is C15H24. The zero-order chi connectivity index (χ0) is 9.88. The van der Waals surface area contributed by atoms with Gasteiger partial charge in [0.25, 0.3) is 0 Å². The molecule has 0 aromatic heterocycles. The lowest BCUT2D eigenvalue weighted by Gasteiger charge is -2.41. The second-order valence-electron chi connectivity index (χ2n) is 6.92. The van der Waals surface area contributed by atoms with Gasteiger partial charge in [0.15, 0.2) is 0 Å². The highest BCUT2D eigenvalue weighted by molar-refractivity contribution is 5.09. The molecule has 0 aromatic carbocycles. The van der Waals surface area contributed by atoms with Crippen molar-refractivity contribution in [3.8, 4) is 0 Å². The van der Waals surface area contributed by atoms with Gasteiger partial charge in [-0.25, -0.2) is 0 Å². The van der Waals surface area contributed by atoms with Crippen LogP contribution in [0.4, 0.5) is 0 Å². The van der Waals surface area contributed by atoms with Crippen molar-refractivity contribution in [2.75, 3.05) is 0 Å². The van der Waals surface area contributed by atoms with E-state index in [0.717, 1.165) is 5.41 Å². The quantitative estimate of drug-likeness (QED) is 0.549. The minimum absolute atomic E-state index is 0.897. The van der Waals surface area contributed by atoms with E-state index in [9.17, 15) is 0 Å². The van der Waals surface area contributed by atoms with Gasteiger partial charge in [0.1, 0.15) is 0 Å². The highest BCUT2D eigenvalue weighted by Crippen LogP contribution is 2.69. The van der Waals surface area contributed by atoms with E-state index >= 15 is 0 Å². The molecule has 0 N–H and O–H groups in total. The third-order valence-corrected chi connectivity index (χ3v) is 6.70. The minimum atomic E-state index is 0.897. The monoisotopic (exact) mass is 204 g/mol. The van der Waals surface area contributed by atoms with Crippen LogP contribution in [0.1, 0.15) is 64.2 Å². The zero-order valence-corrected chi connectivity index (χ0v) is 9.88. The first kappa shape index (κ1) is 9.07. The highest BCUT2D eigenvalue weighted by Gasteiger charge is 2.60. The standard InChI is InChI=1S/C15H24/c1-2-9-15-10-11-4-3-6-13(11)14(15)8-7-12(15)5-1/h11-14H,1-10H2/t11?,12-,13?,14?,15+/m0/s1. The number of hydrogen-bond donors (Lipinski definition) is 0. The Kier molecular flexibility index (Phi) is 1.83. The molecule has 4 aliphatic carbocycles. The van der Waals surface area contributed by atoms with Crippen molar-refractivity contribution >= 4 is 0 Å².